The maximum absolute atomic E-state index is 5.96. The van der Waals surface area contributed by atoms with E-state index < -0.39 is 0 Å². The Morgan fingerprint density at radius 2 is 2.19 bits per heavy atom. The van der Waals surface area contributed by atoms with E-state index in [-0.39, 0.29) is 5.41 Å². The third-order valence-electron chi connectivity index (χ3n) is 3.44. The number of nitrogens with two attached hydrogens (primary N) is 1. The average molecular weight is 224 g/mol. The van der Waals surface area contributed by atoms with Crippen LogP contribution in [-0.2, 0) is 10.2 Å². The molecular weight excluding hydrogens is 204 g/mol. The van der Waals surface area contributed by atoms with E-state index in [2.05, 4.69) is 28.6 Å². The van der Waals surface area contributed by atoms with Crippen LogP contribution in [0.25, 0.3) is 0 Å². The number of aromatic nitrogens is 3. The van der Waals surface area contributed by atoms with Crippen LogP contribution in [0.15, 0.2) is 6.33 Å². The van der Waals surface area contributed by atoms with E-state index in [1.807, 2.05) is 0 Å². The highest BCUT2D eigenvalue weighted by molar-refractivity contribution is 5.11. The zero-order chi connectivity index (χ0) is 11.6. The molecule has 1 aromatic rings. The van der Waals surface area contributed by atoms with Crippen LogP contribution in [0.4, 0.5) is 0 Å². The first-order chi connectivity index (χ1) is 7.69. The van der Waals surface area contributed by atoms with E-state index in [0.29, 0.717) is 12.6 Å². The van der Waals surface area contributed by atoms with Crippen LogP contribution >= 0.6 is 0 Å². The van der Waals surface area contributed by atoms with Crippen molar-refractivity contribution in [3.05, 3.63) is 12.2 Å². The third-order valence-corrected chi connectivity index (χ3v) is 3.44. The molecule has 0 aliphatic carbocycles. The molecule has 0 spiro atoms. The van der Waals surface area contributed by atoms with E-state index in [0.717, 1.165) is 31.9 Å². The van der Waals surface area contributed by atoms with Crippen molar-refractivity contribution in [2.45, 2.75) is 38.1 Å². The fourth-order valence-electron chi connectivity index (χ4n) is 2.28. The van der Waals surface area contributed by atoms with Crippen LogP contribution in [0.2, 0.25) is 0 Å². The van der Waals surface area contributed by atoms with E-state index >= 15 is 0 Å². The minimum Gasteiger partial charge on any atom is -0.381 e. The molecule has 90 valence electrons. The molecule has 0 atom stereocenters. The van der Waals surface area contributed by atoms with Gasteiger partial charge in [0.2, 0.25) is 0 Å². The molecule has 2 N–H and O–H groups in total. The van der Waals surface area contributed by atoms with Crippen molar-refractivity contribution in [3.8, 4) is 0 Å². The van der Waals surface area contributed by atoms with Gasteiger partial charge in [0.25, 0.3) is 0 Å². The molecule has 2 heterocycles. The van der Waals surface area contributed by atoms with Crippen molar-refractivity contribution in [2.24, 2.45) is 5.73 Å². The fourth-order valence-corrected chi connectivity index (χ4v) is 2.28. The maximum atomic E-state index is 5.96. The Morgan fingerprint density at radius 3 is 2.75 bits per heavy atom. The van der Waals surface area contributed by atoms with Gasteiger partial charge in [-0.05, 0) is 26.7 Å². The first-order valence-electron chi connectivity index (χ1n) is 5.87. The van der Waals surface area contributed by atoms with Crippen molar-refractivity contribution < 1.29 is 4.74 Å². The number of rotatable bonds is 3. The normalized spacial score (nSPS) is 20.2. The molecule has 0 unspecified atom stereocenters. The molecule has 5 nitrogen and oxygen atoms in total. The Balaban J connectivity index is 2.35. The van der Waals surface area contributed by atoms with Crippen molar-refractivity contribution in [2.75, 3.05) is 19.8 Å². The Kier molecular flexibility index (Phi) is 3.25. The predicted octanol–water partition coefficient (Wildman–Crippen LogP) is 0.866. The summed E-state index contributed by atoms with van der Waals surface area (Å²) in [4.78, 5) is 0. The summed E-state index contributed by atoms with van der Waals surface area (Å²) in [6.45, 7) is 6.42. The van der Waals surface area contributed by atoms with E-state index in [1.165, 1.54) is 0 Å². The zero-order valence-electron chi connectivity index (χ0n) is 10.0. The molecule has 0 radical (unpaired) electrons. The lowest BCUT2D eigenvalue weighted by atomic mass is 9.79. The Bertz CT molecular complexity index is 342. The predicted molar refractivity (Wildman–Crippen MR) is 61.2 cm³/mol. The summed E-state index contributed by atoms with van der Waals surface area (Å²) < 4.78 is 7.54. The largest absolute Gasteiger partial charge is 0.381 e. The molecule has 2 rings (SSSR count). The lowest BCUT2D eigenvalue weighted by Gasteiger charge is -2.35. The lowest BCUT2D eigenvalue weighted by molar-refractivity contribution is 0.0482. The van der Waals surface area contributed by atoms with Crippen molar-refractivity contribution in [1.29, 1.82) is 0 Å². The molecule has 1 fully saturated rings. The van der Waals surface area contributed by atoms with Crippen LogP contribution in [0.5, 0.6) is 0 Å². The summed E-state index contributed by atoms with van der Waals surface area (Å²) in [5.74, 6) is 1.02. The lowest BCUT2D eigenvalue weighted by Crippen LogP contribution is -2.43. The second-order valence-electron chi connectivity index (χ2n) is 4.75. The van der Waals surface area contributed by atoms with Crippen molar-refractivity contribution in [3.63, 3.8) is 0 Å². The van der Waals surface area contributed by atoms with Gasteiger partial charge in [-0.2, -0.15) is 0 Å². The number of hydrogen-bond donors (Lipinski definition) is 1. The van der Waals surface area contributed by atoms with Crippen molar-refractivity contribution >= 4 is 0 Å². The SMILES string of the molecule is CC(C)n1cnnc1C1(CN)CCOCC1. The summed E-state index contributed by atoms with van der Waals surface area (Å²) in [6.07, 6.45) is 3.68. The average Bonchev–Trinajstić information content (AvgIpc) is 2.79. The molecule has 1 saturated heterocycles. The van der Waals surface area contributed by atoms with Crippen LogP contribution < -0.4 is 5.73 Å². The smallest absolute Gasteiger partial charge is 0.140 e. The molecule has 1 aliphatic heterocycles. The van der Waals surface area contributed by atoms with Crippen molar-refractivity contribution in [1.82, 2.24) is 14.8 Å². The quantitative estimate of drug-likeness (QED) is 0.827. The summed E-state index contributed by atoms with van der Waals surface area (Å²) >= 11 is 0. The minimum atomic E-state index is -0.0426. The van der Waals surface area contributed by atoms with E-state index in [9.17, 15) is 0 Å². The molecular formula is C11H20N4O. The third kappa shape index (κ3) is 1.85. The first-order valence-corrected chi connectivity index (χ1v) is 5.87. The van der Waals surface area contributed by atoms with Gasteiger partial charge in [0.1, 0.15) is 12.2 Å². The van der Waals surface area contributed by atoms with Gasteiger partial charge in [0, 0.05) is 31.2 Å². The zero-order valence-corrected chi connectivity index (χ0v) is 10.0. The topological polar surface area (TPSA) is 66.0 Å². The number of hydrogen-bond acceptors (Lipinski definition) is 4. The van der Waals surface area contributed by atoms with Gasteiger partial charge in [-0.25, -0.2) is 0 Å². The number of nitrogens with zero attached hydrogens (tertiary/aromatic N) is 3. The van der Waals surface area contributed by atoms with Gasteiger partial charge in [-0.15, -0.1) is 10.2 Å². The fraction of sp³-hybridized carbons (Fsp3) is 0.818. The molecule has 0 amide bonds. The minimum absolute atomic E-state index is 0.0426. The van der Waals surface area contributed by atoms with Crippen LogP contribution in [0.3, 0.4) is 0 Å². The maximum Gasteiger partial charge on any atom is 0.140 e. The Morgan fingerprint density at radius 1 is 1.50 bits per heavy atom. The highest BCUT2D eigenvalue weighted by atomic mass is 16.5. The van der Waals surface area contributed by atoms with Gasteiger partial charge in [0.05, 0.1) is 0 Å². The highest BCUT2D eigenvalue weighted by Gasteiger charge is 2.37. The van der Waals surface area contributed by atoms with Crippen LogP contribution in [0.1, 0.15) is 38.6 Å². The second-order valence-corrected chi connectivity index (χ2v) is 4.75. The molecule has 1 aromatic heterocycles. The van der Waals surface area contributed by atoms with E-state index in [4.69, 9.17) is 10.5 Å². The summed E-state index contributed by atoms with van der Waals surface area (Å²) in [6, 6.07) is 0.372. The van der Waals surface area contributed by atoms with Gasteiger partial charge >= 0.3 is 0 Å². The van der Waals surface area contributed by atoms with Gasteiger partial charge in [0.15, 0.2) is 0 Å². The summed E-state index contributed by atoms with van der Waals surface area (Å²) in [7, 11) is 0. The second kappa shape index (κ2) is 4.51. The highest BCUT2D eigenvalue weighted by Crippen LogP contribution is 2.33. The standard InChI is InChI=1S/C11H20N4O/c1-9(2)15-8-13-14-10(15)11(7-12)3-5-16-6-4-11/h8-9H,3-7,12H2,1-2H3. The first kappa shape index (κ1) is 11.5. The van der Waals surface area contributed by atoms with Crippen LogP contribution in [0, 0.1) is 0 Å². The van der Waals surface area contributed by atoms with Gasteiger partial charge < -0.3 is 15.0 Å². The molecule has 0 bridgehead atoms. The van der Waals surface area contributed by atoms with E-state index in [1.54, 1.807) is 6.33 Å². The Labute approximate surface area is 96.0 Å². The van der Waals surface area contributed by atoms with Gasteiger partial charge in [-0.1, -0.05) is 0 Å². The van der Waals surface area contributed by atoms with Gasteiger partial charge in [-0.3, -0.25) is 0 Å². The molecule has 0 aromatic carbocycles. The summed E-state index contributed by atoms with van der Waals surface area (Å²) in [5.41, 5.74) is 5.92. The number of ether oxygens (including phenoxy) is 1. The van der Waals surface area contributed by atoms with Crippen LogP contribution in [-0.4, -0.2) is 34.5 Å². The Hall–Kier alpha value is -0.940. The summed E-state index contributed by atoms with van der Waals surface area (Å²) in [5, 5.41) is 8.31. The molecule has 0 saturated carbocycles. The molecule has 1 aliphatic rings. The molecule has 16 heavy (non-hydrogen) atoms. The molecule has 5 heteroatoms. The monoisotopic (exact) mass is 224 g/mol.